The van der Waals surface area contributed by atoms with Crippen molar-refractivity contribution in [2.45, 2.75) is 6.43 Å². The predicted molar refractivity (Wildman–Crippen MR) is 51.8 cm³/mol. The van der Waals surface area contributed by atoms with Crippen LogP contribution in [0.1, 0.15) is 28.2 Å². The van der Waals surface area contributed by atoms with E-state index in [1.54, 1.807) is 6.07 Å². The van der Waals surface area contributed by atoms with Gasteiger partial charge >= 0.3 is 5.97 Å². The van der Waals surface area contributed by atoms with Gasteiger partial charge in [-0.2, -0.15) is 5.26 Å². The number of hydrogen-bond donors (Lipinski definition) is 0. The van der Waals surface area contributed by atoms with Gasteiger partial charge in [0, 0.05) is 0 Å². The van der Waals surface area contributed by atoms with Crippen molar-refractivity contribution in [3.8, 4) is 11.8 Å². The number of alkyl halides is 2. The number of aromatic nitrogens is 1. The van der Waals surface area contributed by atoms with Crippen molar-refractivity contribution < 1.29 is 23.0 Å². The number of nitrogens with zero attached hydrogens (tertiary/aromatic N) is 2. The van der Waals surface area contributed by atoms with E-state index in [1.165, 1.54) is 0 Å². The fraction of sp³-hybridized carbons (Fsp3) is 0.300. The Morgan fingerprint density at radius 3 is 2.59 bits per heavy atom. The van der Waals surface area contributed by atoms with Crippen LogP contribution in [0.5, 0.6) is 5.75 Å². The first-order valence-corrected chi connectivity index (χ1v) is 4.40. The van der Waals surface area contributed by atoms with Crippen LogP contribution >= 0.6 is 0 Å². The first kappa shape index (κ1) is 12.8. The molecular weight excluding hydrogens is 234 g/mol. The summed E-state index contributed by atoms with van der Waals surface area (Å²) in [6.45, 7) is 0. The van der Waals surface area contributed by atoms with Gasteiger partial charge in [0.2, 0.25) is 0 Å². The molecular formula is C10H8F2N2O3. The van der Waals surface area contributed by atoms with Gasteiger partial charge in [0.05, 0.1) is 19.8 Å². The zero-order chi connectivity index (χ0) is 13.0. The lowest BCUT2D eigenvalue weighted by Crippen LogP contribution is -2.09. The summed E-state index contributed by atoms with van der Waals surface area (Å²) >= 11 is 0. The Labute approximate surface area is 95.6 Å². The highest BCUT2D eigenvalue weighted by atomic mass is 19.3. The van der Waals surface area contributed by atoms with Gasteiger partial charge in [-0.25, -0.2) is 18.6 Å². The standard InChI is InChI=1S/C10H8F2N2O3/c1-16-8-5(4-13)3-6(10(15)17-2)14-7(8)9(11)12/h3,9H,1-2H3. The van der Waals surface area contributed by atoms with Crippen LogP contribution in [0.15, 0.2) is 6.07 Å². The maximum atomic E-state index is 12.7. The molecule has 1 heterocycles. The number of carbonyl (C=O) groups excluding carboxylic acids is 1. The molecule has 0 bridgehead atoms. The normalized spacial score (nSPS) is 9.88. The van der Waals surface area contributed by atoms with Gasteiger partial charge in [-0.1, -0.05) is 0 Å². The average molecular weight is 242 g/mol. The molecule has 17 heavy (non-hydrogen) atoms. The minimum atomic E-state index is -2.96. The second kappa shape index (κ2) is 5.21. The van der Waals surface area contributed by atoms with Crippen molar-refractivity contribution in [2.24, 2.45) is 0 Å². The van der Waals surface area contributed by atoms with Crippen molar-refractivity contribution in [1.82, 2.24) is 4.98 Å². The Morgan fingerprint density at radius 2 is 2.18 bits per heavy atom. The highest BCUT2D eigenvalue weighted by molar-refractivity contribution is 5.88. The van der Waals surface area contributed by atoms with E-state index in [-0.39, 0.29) is 17.0 Å². The molecule has 0 aliphatic rings. The summed E-state index contributed by atoms with van der Waals surface area (Å²) < 4.78 is 34.4. The monoisotopic (exact) mass is 242 g/mol. The van der Waals surface area contributed by atoms with Crippen LogP contribution in [0.25, 0.3) is 0 Å². The zero-order valence-electron chi connectivity index (χ0n) is 9.03. The molecule has 1 aromatic rings. The number of rotatable bonds is 3. The molecule has 0 aliphatic carbocycles. The maximum Gasteiger partial charge on any atom is 0.356 e. The van der Waals surface area contributed by atoms with Crippen LogP contribution in [-0.4, -0.2) is 25.2 Å². The third kappa shape index (κ3) is 2.47. The van der Waals surface area contributed by atoms with E-state index in [0.29, 0.717) is 0 Å². The van der Waals surface area contributed by atoms with Crippen molar-refractivity contribution in [1.29, 1.82) is 5.26 Å². The van der Waals surface area contributed by atoms with Crippen LogP contribution in [0.4, 0.5) is 8.78 Å². The molecule has 0 spiro atoms. The van der Waals surface area contributed by atoms with E-state index >= 15 is 0 Å². The van der Waals surface area contributed by atoms with Gasteiger partial charge in [-0.3, -0.25) is 0 Å². The third-order valence-electron chi connectivity index (χ3n) is 1.93. The third-order valence-corrected chi connectivity index (χ3v) is 1.93. The summed E-state index contributed by atoms with van der Waals surface area (Å²) in [5.41, 5.74) is -1.31. The second-order valence-electron chi connectivity index (χ2n) is 2.88. The van der Waals surface area contributed by atoms with E-state index in [1.807, 2.05) is 0 Å². The SMILES string of the molecule is COC(=O)c1cc(C#N)c(OC)c(C(F)F)n1. The molecule has 0 saturated carbocycles. The molecule has 0 fully saturated rings. The molecule has 0 aromatic carbocycles. The van der Waals surface area contributed by atoms with E-state index in [9.17, 15) is 13.6 Å². The fourth-order valence-corrected chi connectivity index (χ4v) is 1.21. The smallest absolute Gasteiger partial charge is 0.356 e. The highest BCUT2D eigenvalue weighted by Gasteiger charge is 2.23. The number of ether oxygens (including phenoxy) is 2. The van der Waals surface area contributed by atoms with Gasteiger partial charge in [0.25, 0.3) is 6.43 Å². The van der Waals surface area contributed by atoms with Crippen molar-refractivity contribution in [3.63, 3.8) is 0 Å². The number of pyridine rings is 1. The highest BCUT2D eigenvalue weighted by Crippen LogP contribution is 2.30. The molecule has 0 atom stereocenters. The van der Waals surface area contributed by atoms with Crippen LogP contribution in [0.3, 0.4) is 0 Å². The molecule has 1 aromatic heterocycles. The predicted octanol–water partition coefficient (Wildman–Crippen LogP) is 1.69. The molecule has 5 nitrogen and oxygen atoms in total. The number of nitriles is 1. The van der Waals surface area contributed by atoms with Gasteiger partial charge in [-0.05, 0) is 6.07 Å². The average Bonchev–Trinajstić information content (AvgIpc) is 2.35. The molecule has 0 aliphatic heterocycles. The Kier molecular flexibility index (Phi) is 3.93. The summed E-state index contributed by atoms with van der Waals surface area (Å²) in [6, 6.07) is 2.69. The van der Waals surface area contributed by atoms with Gasteiger partial charge < -0.3 is 9.47 Å². The Hall–Kier alpha value is -2.23. The van der Waals surface area contributed by atoms with E-state index in [4.69, 9.17) is 5.26 Å². The Morgan fingerprint density at radius 1 is 1.53 bits per heavy atom. The number of halogens is 2. The van der Waals surface area contributed by atoms with Crippen molar-refractivity contribution >= 4 is 5.97 Å². The summed E-state index contributed by atoms with van der Waals surface area (Å²) in [7, 11) is 2.23. The minimum Gasteiger partial charge on any atom is -0.493 e. The summed E-state index contributed by atoms with van der Waals surface area (Å²) in [5.74, 6) is -1.23. The van der Waals surface area contributed by atoms with Crippen LogP contribution in [0, 0.1) is 11.3 Å². The Balaban J connectivity index is 3.47. The molecule has 0 N–H and O–H groups in total. The molecule has 0 unspecified atom stereocenters. The lowest BCUT2D eigenvalue weighted by atomic mass is 10.1. The van der Waals surface area contributed by atoms with Crippen LogP contribution in [-0.2, 0) is 4.74 Å². The largest absolute Gasteiger partial charge is 0.493 e. The molecule has 0 amide bonds. The second-order valence-corrected chi connectivity index (χ2v) is 2.88. The number of esters is 1. The molecule has 0 saturated heterocycles. The number of methoxy groups -OCH3 is 2. The lowest BCUT2D eigenvalue weighted by molar-refractivity contribution is 0.0592. The van der Waals surface area contributed by atoms with Gasteiger partial charge in [0.15, 0.2) is 17.1 Å². The van der Waals surface area contributed by atoms with Crippen LogP contribution < -0.4 is 4.74 Å². The Bertz CT molecular complexity index is 483. The van der Waals surface area contributed by atoms with Gasteiger partial charge in [-0.15, -0.1) is 0 Å². The molecule has 0 radical (unpaired) electrons. The maximum absolute atomic E-state index is 12.7. The van der Waals surface area contributed by atoms with Gasteiger partial charge in [0.1, 0.15) is 6.07 Å². The quantitative estimate of drug-likeness (QED) is 0.754. The summed E-state index contributed by atoms with van der Waals surface area (Å²) in [5, 5.41) is 8.78. The van der Waals surface area contributed by atoms with Crippen LogP contribution in [0.2, 0.25) is 0 Å². The first-order valence-electron chi connectivity index (χ1n) is 4.40. The topological polar surface area (TPSA) is 72.2 Å². The molecule has 90 valence electrons. The first-order chi connectivity index (χ1) is 8.04. The van der Waals surface area contributed by atoms with Crippen molar-refractivity contribution in [2.75, 3.05) is 14.2 Å². The molecule has 7 heteroatoms. The lowest BCUT2D eigenvalue weighted by Gasteiger charge is -2.10. The zero-order valence-corrected chi connectivity index (χ0v) is 9.03. The minimum absolute atomic E-state index is 0.196. The van der Waals surface area contributed by atoms with E-state index in [2.05, 4.69) is 14.5 Å². The number of carbonyl (C=O) groups is 1. The van der Waals surface area contributed by atoms with Crippen molar-refractivity contribution in [3.05, 3.63) is 23.0 Å². The molecule has 1 rings (SSSR count). The summed E-state index contributed by atoms with van der Waals surface area (Å²) in [6.07, 6.45) is -2.96. The van der Waals surface area contributed by atoms with E-state index in [0.717, 1.165) is 20.3 Å². The fourth-order valence-electron chi connectivity index (χ4n) is 1.21. The van der Waals surface area contributed by atoms with E-state index < -0.39 is 18.1 Å². The summed E-state index contributed by atoms with van der Waals surface area (Å²) in [4.78, 5) is 14.6. The number of hydrogen-bond acceptors (Lipinski definition) is 5.